The standard InChI is InChI=1S/C14H23N3O2/c1-11(2)17-14(15)16-10-12-4-6-13(7-5-12)19-9-8-18-3/h4-7,11H,8-10H2,1-3H3,(H3,15,16,17). The molecule has 0 saturated heterocycles. The molecule has 1 aromatic rings. The molecule has 0 fully saturated rings. The van der Waals surface area contributed by atoms with Gasteiger partial charge < -0.3 is 20.5 Å². The van der Waals surface area contributed by atoms with Crippen molar-refractivity contribution in [3.05, 3.63) is 29.8 Å². The van der Waals surface area contributed by atoms with Gasteiger partial charge in [-0.2, -0.15) is 0 Å². The molecule has 3 N–H and O–H groups in total. The number of guanidine groups is 1. The second kappa shape index (κ2) is 8.37. The van der Waals surface area contributed by atoms with Crippen LogP contribution >= 0.6 is 0 Å². The van der Waals surface area contributed by atoms with Crippen molar-refractivity contribution in [2.75, 3.05) is 20.3 Å². The van der Waals surface area contributed by atoms with E-state index in [9.17, 15) is 0 Å². The van der Waals surface area contributed by atoms with E-state index in [1.807, 2.05) is 38.1 Å². The first-order valence-corrected chi connectivity index (χ1v) is 6.39. The molecule has 0 aliphatic carbocycles. The molecule has 0 atom stereocenters. The van der Waals surface area contributed by atoms with Crippen molar-refractivity contribution < 1.29 is 9.47 Å². The highest BCUT2D eigenvalue weighted by Gasteiger charge is 1.97. The lowest BCUT2D eigenvalue weighted by atomic mass is 10.2. The van der Waals surface area contributed by atoms with Gasteiger partial charge in [-0.1, -0.05) is 12.1 Å². The number of nitrogens with zero attached hydrogens (tertiary/aromatic N) is 1. The zero-order chi connectivity index (χ0) is 14.1. The summed E-state index contributed by atoms with van der Waals surface area (Å²) in [6, 6.07) is 8.10. The summed E-state index contributed by atoms with van der Waals surface area (Å²) >= 11 is 0. The molecule has 0 heterocycles. The van der Waals surface area contributed by atoms with Gasteiger partial charge in [0, 0.05) is 13.2 Å². The third kappa shape index (κ3) is 6.67. The fourth-order valence-electron chi connectivity index (χ4n) is 1.45. The lowest BCUT2D eigenvalue weighted by molar-refractivity contribution is 0.146. The van der Waals surface area contributed by atoms with Gasteiger partial charge in [0.25, 0.3) is 0 Å². The molecule has 0 aliphatic rings. The van der Waals surface area contributed by atoms with Crippen molar-refractivity contribution in [1.82, 2.24) is 5.32 Å². The van der Waals surface area contributed by atoms with Gasteiger partial charge in [-0.25, -0.2) is 4.99 Å². The molecule has 1 aromatic carbocycles. The van der Waals surface area contributed by atoms with Crippen LogP contribution in [0.1, 0.15) is 19.4 Å². The van der Waals surface area contributed by atoms with Crippen LogP contribution < -0.4 is 15.8 Å². The largest absolute Gasteiger partial charge is 0.491 e. The minimum absolute atomic E-state index is 0.292. The molecule has 0 radical (unpaired) electrons. The second-order valence-electron chi connectivity index (χ2n) is 4.49. The van der Waals surface area contributed by atoms with Crippen LogP contribution in [0, 0.1) is 0 Å². The summed E-state index contributed by atoms with van der Waals surface area (Å²) in [5, 5.41) is 3.05. The molecule has 0 spiro atoms. The minimum atomic E-state index is 0.292. The van der Waals surface area contributed by atoms with E-state index in [0.717, 1.165) is 11.3 Å². The topological polar surface area (TPSA) is 68.9 Å². The molecule has 0 bridgehead atoms. The molecular weight excluding hydrogens is 242 g/mol. The van der Waals surface area contributed by atoms with E-state index in [-0.39, 0.29) is 0 Å². The maximum Gasteiger partial charge on any atom is 0.189 e. The molecule has 0 aliphatic heterocycles. The number of benzene rings is 1. The molecule has 5 nitrogen and oxygen atoms in total. The van der Waals surface area contributed by atoms with E-state index in [0.29, 0.717) is 31.8 Å². The third-order valence-corrected chi connectivity index (χ3v) is 2.35. The summed E-state index contributed by atoms with van der Waals surface area (Å²) in [6.45, 7) is 5.75. The second-order valence-corrected chi connectivity index (χ2v) is 4.49. The Morgan fingerprint density at radius 2 is 1.95 bits per heavy atom. The van der Waals surface area contributed by atoms with E-state index in [4.69, 9.17) is 15.2 Å². The SMILES string of the molecule is COCCOc1ccc(CN=C(N)NC(C)C)cc1. The first-order chi connectivity index (χ1) is 9.11. The number of ether oxygens (including phenoxy) is 2. The van der Waals surface area contributed by atoms with Gasteiger partial charge in [0.2, 0.25) is 0 Å². The Balaban J connectivity index is 2.43. The first-order valence-electron chi connectivity index (χ1n) is 6.39. The Bertz CT molecular complexity index is 388. The number of rotatable bonds is 7. The van der Waals surface area contributed by atoms with Crippen LogP contribution in [0.2, 0.25) is 0 Å². The Labute approximate surface area is 114 Å². The molecule has 0 saturated carbocycles. The average Bonchev–Trinajstić information content (AvgIpc) is 2.37. The fraction of sp³-hybridized carbons (Fsp3) is 0.500. The highest BCUT2D eigenvalue weighted by atomic mass is 16.5. The van der Waals surface area contributed by atoms with Gasteiger partial charge in [-0.05, 0) is 31.5 Å². The number of aliphatic imine (C=N–C) groups is 1. The Hall–Kier alpha value is -1.75. The highest BCUT2D eigenvalue weighted by Crippen LogP contribution is 2.12. The smallest absolute Gasteiger partial charge is 0.189 e. The maximum absolute atomic E-state index is 5.73. The van der Waals surface area contributed by atoms with Crippen molar-refractivity contribution in [2.45, 2.75) is 26.4 Å². The third-order valence-electron chi connectivity index (χ3n) is 2.35. The number of hydrogen-bond donors (Lipinski definition) is 2. The summed E-state index contributed by atoms with van der Waals surface area (Å²) in [4.78, 5) is 4.26. The van der Waals surface area contributed by atoms with Crippen LogP contribution in [-0.2, 0) is 11.3 Å². The monoisotopic (exact) mass is 265 g/mol. The van der Waals surface area contributed by atoms with Crippen molar-refractivity contribution >= 4 is 5.96 Å². The molecule has 106 valence electrons. The van der Waals surface area contributed by atoms with Crippen molar-refractivity contribution in [3.8, 4) is 5.75 Å². The Kier molecular flexibility index (Phi) is 6.74. The predicted octanol–water partition coefficient (Wildman–Crippen LogP) is 1.52. The lowest BCUT2D eigenvalue weighted by Crippen LogP contribution is -2.36. The van der Waals surface area contributed by atoms with Crippen molar-refractivity contribution in [3.63, 3.8) is 0 Å². The summed E-state index contributed by atoms with van der Waals surface area (Å²) in [5.74, 6) is 1.30. The summed E-state index contributed by atoms with van der Waals surface area (Å²) < 4.78 is 10.4. The van der Waals surface area contributed by atoms with Crippen LogP contribution in [0.25, 0.3) is 0 Å². The van der Waals surface area contributed by atoms with Gasteiger partial charge in [0.15, 0.2) is 5.96 Å². The van der Waals surface area contributed by atoms with Crippen LogP contribution in [0.15, 0.2) is 29.3 Å². The van der Waals surface area contributed by atoms with Gasteiger partial charge in [0.1, 0.15) is 12.4 Å². The maximum atomic E-state index is 5.73. The van der Waals surface area contributed by atoms with Gasteiger partial charge in [-0.3, -0.25) is 0 Å². The number of nitrogens with two attached hydrogens (primary N) is 1. The van der Waals surface area contributed by atoms with Gasteiger partial charge >= 0.3 is 0 Å². The lowest BCUT2D eigenvalue weighted by Gasteiger charge is -2.09. The first kappa shape index (κ1) is 15.3. The quantitative estimate of drug-likeness (QED) is 0.445. The Morgan fingerprint density at radius 3 is 2.53 bits per heavy atom. The molecule has 0 amide bonds. The van der Waals surface area contributed by atoms with E-state index in [2.05, 4.69) is 10.3 Å². The zero-order valence-corrected chi connectivity index (χ0v) is 11.8. The van der Waals surface area contributed by atoms with E-state index in [1.54, 1.807) is 7.11 Å². The molecule has 0 unspecified atom stereocenters. The molecule has 0 aromatic heterocycles. The highest BCUT2D eigenvalue weighted by molar-refractivity contribution is 5.78. The number of methoxy groups -OCH3 is 1. The van der Waals surface area contributed by atoms with Crippen molar-refractivity contribution in [2.24, 2.45) is 10.7 Å². The van der Waals surface area contributed by atoms with Crippen LogP contribution in [0.5, 0.6) is 5.75 Å². The number of hydrogen-bond acceptors (Lipinski definition) is 3. The fourth-order valence-corrected chi connectivity index (χ4v) is 1.45. The predicted molar refractivity (Wildman–Crippen MR) is 77.4 cm³/mol. The molecule has 1 rings (SSSR count). The zero-order valence-electron chi connectivity index (χ0n) is 11.8. The van der Waals surface area contributed by atoms with E-state index >= 15 is 0 Å². The minimum Gasteiger partial charge on any atom is -0.491 e. The van der Waals surface area contributed by atoms with Crippen LogP contribution in [0.4, 0.5) is 0 Å². The normalized spacial score (nSPS) is 11.7. The van der Waals surface area contributed by atoms with E-state index < -0.39 is 0 Å². The summed E-state index contributed by atoms with van der Waals surface area (Å²) in [7, 11) is 1.65. The van der Waals surface area contributed by atoms with Gasteiger partial charge in [-0.15, -0.1) is 0 Å². The summed E-state index contributed by atoms with van der Waals surface area (Å²) in [6.07, 6.45) is 0. The average molecular weight is 265 g/mol. The van der Waals surface area contributed by atoms with Crippen LogP contribution in [0.3, 0.4) is 0 Å². The molecular formula is C14H23N3O2. The number of nitrogens with one attached hydrogen (secondary N) is 1. The Morgan fingerprint density at radius 1 is 1.26 bits per heavy atom. The molecule has 19 heavy (non-hydrogen) atoms. The van der Waals surface area contributed by atoms with Crippen LogP contribution in [-0.4, -0.2) is 32.3 Å². The summed E-state index contributed by atoms with van der Waals surface area (Å²) in [5.41, 5.74) is 6.82. The molecule has 5 heteroatoms. The van der Waals surface area contributed by atoms with Crippen molar-refractivity contribution in [1.29, 1.82) is 0 Å². The van der Waals surface area contributed by atoms with E-state index in [1.165, 1.54) is 0 Å². The van der Waals surface area contributed by atoms with Gasteiger partial charge in [0.05, 0.1) is 13.2 Å².